The third-order valence-corrected chi connectivity index (χ3v) is 4.54. The maximum Gasteiger partial charge on any atom is 0.0446 e. The molecule has 1 N–H and O–H groups in total. The predicted molar refractivity (Wildman–Crippen MR) is 68.2 cm³/mol. The second kappa shape index (κ2) is 4.05. The molecule has 0 bridgehead atoms. The highest BCUT2D eigenvalue weighted by atomic mass is 35.5. The Bertz CT molecular complexity index is 394. The summed E-state index contributed by atoms with van der Waals surface area (Å²) in [6.07, 6.45) is 6.43. The van der Waals surface area contributed by atoms with E-state index < -0.39 is 0 Å². The molecule has 0 aromatic heterocycles. The van der Waals surface area contributed by atoms with Crippen LogP contribution in [0.5, 0.6) is 0 Å². The maximum absolute atomic E-state index is 6.46. The molecule has 2 heteroatoms. The number of halogens is 1. The van der Waals surface area contributed by atoms with Crippen LogP contribution in [0.25, 0.3) is 0 Å². The van der Waals surface area contributed by atoms with Crippen molar-refractivity contribution in [3.63, 3.8) is 0 Å². The third kappa shape index (κ3) is 1.57. The standard InChI is InChI=1S/C14H18ClN/c15-12-5-3-4-11-6-9-16-10-14(13(11)12)7-1-2-8-14/h3-5,16H,1-2,6-10H2. The van der Waals surface area contributed by atoms with Gasteiger partial charge in [-0.15, -0.1) is 0 Å². The van der Waals surface area contributed by atoms with Gasteiger partial charge in [-0.25, -0.2) is 0 Å². The molecule has 1 saturated carbocycles. The van der Waals surface area contributed by atoms with Gasteiger partial charge >= 0.3 is 0 Å². The summed E-state index contributed by atoms with van der Waals surface area (Å²) in [5.41, 5.74) is 3.27. The normalized spacial score (nSPS) is 23.1. The van der Waals surface area contributed by atoms with Gasteiger partial charge in [0, 0.05) is 17.0 Å². The summed E-state index contributed by atoms with van der Waals surface area (Å²) in [7, 11) is 0. The molecule has 1 aliphatic heterocycles. The van der Waals surface area contributed by atoms with Crippen LogP contribution in [0.4, 0.5) is 0 Å². The van der Waals surface area contributed by atoms with Crippen molar-refractivity contribution in [3.8, 4) is 0 Å². The lowest BCUT2D eigenvalue weighted by Crippen LogP contribution is -2.34. The van der Waals surface area contributed by atoms with E-state index >= 15 is 0 Å². The topological polar surface area (TPSA) is 12.0 Å². The van der Waals surface area contributed by atoms with Gasteiger partial charge in [0.15, 0.2) is 0 Å². The molecule has 0 saturated heterocycles. The lowest BCUT2D eigenvalue weighted by molar-refractivity contribution is 0.418. The molecule has 86 valence electrons. The summed E-state index contributed by atoms with van der Waals surface area (Å²) in [4.78, 5) is 0. The van der Waals surface area contributed by atoms with Crippen molar-refractivity contribution in [1.82, 2.24) is 5.32 Å². The van der Waals surface area contributed by atoms with E-state index in [1.165, 1.54) is 36.8 Å². The Balaban J connectivity index is 2.15. The van der Waals surface area contributed by atoms with Crippen LogP contribution in [0.3, 0.4) is 0 Å². The largest absolute Gasteiger partial charge is 0.316 e. The van der Waals surface area contributed by atoms with Gasteiger partial charge in [-0.05, 0) is 43.0 Å². The van der Waals surface area contributed by atoms with E-state index in [-0.39, 0.29) is 0 Å². The van der Waals surface area contributed by atoms with Gasteiger partial charge in [0.2, 0.25) is 0 Å². The number of nitrogens with one attached hydrogen (secondary N) is 1. The van der Waals surface area contributed by atoms with Gasteiger partial charge in [-0.3, -0.25) is 0 Å². The number of rotatable bonds is 0. The van der Waals surface area contributed by atoms with Crippen molar-refractivity contribution in [3.05, 3.63) is 34.3 Å². The molecular formula is C14H18ClN. The first-order valence-corrected chi connectivity index (χ1v) is 6.68. The molecule has 0 amide bonds. The van der Waals surface area contributed by atoms with E-state index in [1.54, 1.807) is 0 Å². The molecule has 1 aliphatic carbocycles. The van der Waals surface area contributed by atoms with Crippen LogP contribution in [0.2, 0.25) is 5.02 Å². The zero-order valence-electron chi connectivity index (χ0n) is 9.56. The first kappa shape index (κ1) is 10.6. The highest BCUT2D eigenvalue weighted by Gasteiger charge is 2.39. The van der Waals surface area contributed by atoms with Crippen LogP contribution in [-0.2, 0) is 11.8 Å². The van der Waals surface area contributed by atoms with Gasteiger partial charge in [-0.2, -0.15) is 0 Å². The summed E-state index contributed by atoms with van der Waals surface area (Å²) in [5, 5.41) is 4.58. The van der Waals surface area contributed by atoms with E-state index in [2.05, 4.69) is 23.5 Å². The minimum atomic E-state index is 0.337. The third-order valence-electron chi connectivity index (χ3n) is 4.23. The Hall–Kier alpha value is -0.530. The van der Waals surface area contributed by atoms with Crippen LogP contribution < -0.4 is 5.32 Å². The molecular weight excluding hydrogens is 218 g/mol. The number of benzene rings is 1. The lowest BCUT2D eigenvalue weighted by Gasteiger charge is -2.30. The number of hydrogen-bond donors (Lipinski definition) is 1. The fourth-order valence-electron chi connectivity index (χ4n) is 3.49. The number of hydrogen-bond acceptors (Lipinski definition) is 1. The number of fused-ring (bicyclic) bond motifs is 2. The van der Waals surface area contributed by atoms with E-state index in [0.717, 1.165) is 24.5 Å². The molecule has 2 aliphatic rings. The van der Waals surface area contributed by atoms with Crippen LogP contribution >= 0.6 is 11.6 Å². The molecule has 1 aromatic carbocycles. The maximum atomic E-state index is 6.46. The van der Waals surface area contributed by atoms with E-state index in [9.17, 15) is 0 Å². The van der Waals surface area contributed by atoms with E-state index in [4.69, 9.17) is 11.6 Å². The molecule has 0 radical (unpaired) electrons. The van der Waals surface area contributed by atoms with E-state index in [0.29, 0.717) is 5.41 Å². The summed E-state index contributed by atoms with van der Waals surface area (Å²) in [6, 6.07) is 6.41. The van der Waals surface area contributed by atoms with Crippen molar-refractivity contribution in [2.75, 3.05) is 13.1 Å². The quantitative estimate of drug-likeness (QED) is 0.728. The van der Waals surface area contributed by atoms with Crippen LogP contribution in [0, 0.1) is 0 Å². The highest BCUT2D eigenvalue weighted by molar-refractivity contribution is 6.31. The minimum absolute atomic E-state index is 0.337. The molecule has 1 fully saturated rings. The van der Waals surface area contributed by atoms with E-state index in [1.807, 2.05) is 0 Å². The molecule has 1 heterocycles. The lowest BCUT2D eigenvalue weighted by atomic mass is 9.77. The summed E-state index contributed by atoms with van der Waals surface area (Å²) in [5.74, 6) is 0. The summed E-state index contributed by atoms with van der Waals surface area (Å²) < 4.78 is 0. The zero-order chi connectivity index (χ0) is 11.0. The van der Waals surface area contributed by atoms with Gasteiger partial charge < -0.3 is 5.32 Å². The Morgan fingerprint density at radius 1 is 1.19 bits per heavy atom. The smallest absolute Gasteiger partial charge is 0.0446 e. The Labute approximate surface area is 102 Å². The Morgan fingerprint density at radius 2 is 2.00 bits per heavy atom. The van der Waals surface area contributed by atoms with Crippen molar-refractivity contribution in [2.24, 2.45) is 0 Å². The summed E-state index contributed by atoms with van der Waals surface area (Å²) in [6.45, 7) is 2.21. The first-order chi connectivity index (χ1) is 7.82. The van der Waals surface area contributed by atoms with Gasteiger partial charge in [0.1, 0.15) is 0 Å². The van der Waals surface area contributed by atoms with Crippen LogP contribution in [0.15, 0.2) is 18.2 Å². The minimum Gasteiger partial charge on any atom is -0.316 e. The second-order valence-electron chi connectivity index (χ2n) is 5.19. The van der Waals surface area contributed by atoms with Crippen molar-refractivity contribution >= 4 is 11.6 Å². The monoisotopic (exact) mass is 235 g/mol. The SMILES string of the molecule is Clc1cccc2c1C1(CCCC1)CNCC2. The van der Waals surface area contributed by atoms with Gasteiger partial charge in [-0.1, -0.05) is 36.6 Å². The van der Waals surface area contributed by atoms with Crippen molar-refractivity contribution in [2.45, 2.75) is 37.5 Å². The fraction of sp³-hybridized carbons (Fsp3) is 0.571. The highest BCUT2D eigenvalue weighted by Crippen LogP contribution is 2.45. The summed E-state index contributed by atoms with van der Waals surface area (Å²) >= 11 is 6.46. The predicted octanol–water partition coefficient (Wildman–Crippen LogP) is 3.30. The molecule has 0 unspecified atom stereocenters. The first-order valence-electron chi connectivity index (χ1n) is 6.30. The Kier molecular flexibility index (Phi) is 2.68. The molecule has 0 atom stereocenters. The van der Waals surface area contributed by atoms with Crippen molar-refractivity contribution in [1.29, 1.82) is 0 Å². The molecule has 1 aromatic rings. The van der Waals surface area contributed by atoms with Crippen molar-refractivity contribution < 1.29 is 0 Å². The van der Waals surface area contributed by atoms with Gasteiger partial charge in [0.05, 0.1) is 0 Å². The average molecular weight is 236 g/mol. The molecule has 1 spiro atoms. The average Bonchev–Trinajstić information content (AvgIpc) is 2.65. The Morgan fingerprint density at radius 3 is 2.81 bits per heavy atom. The van der Waals surface area contributed by atoms with Crippen LogP contribution in [-0.4, -0.2) is 13.1 Å². The molecule has 1 nitrogen and oxygen atoms in total. The zero-order valence-corrected chi connectivity index (χ0v) is 10.3. The van der Waals surface area contributed by atoms with Crippen LogP contribution in [0.1, 0.15) is 36.8 Å². The molecule has 16 heavy (non-hydrogen) atoms. The van der Waals surface area contributed by atoms with Gasteiger partial charge in [0.25, 0.3) is 0 Å². The molecule has 3 rings (SSSR count). The fourth-order valence-corrected chi connectivity index (χ4v) is 3.88. The second-order valence-corrected chi connectivity index (χ2v) is 5.60.